The number of nitrogens with zero attached hydrogens (tertiary/aromatic N) is 2. The molecule has 0 amide bonds. The molecule has 0 bridgehead atoms. The van der Waals surface area contributed by atoms with Crippen molar-refractivity contribution < 1.29 is 19.8 Å². The maximum Gasteiger partial charge on any atom is 0.328 e. The molecule has 0 unspecified atom stereocenters. The summed E-state index contributed by atoms with van der Waals surface area (Å²) >= 11 is 0. The third-order valence-corrected chi connectivity index (χ3v) is 1.77. The van der Waals surface area contributed by atoms with E-state index in [1.165, 1.54) is 0 Å². The largest absolute Gasteiger partial charge is 0.478 e. The van der Waals surface area contributed by atoms with Crippen LogP contribution in [0, 0.1) is 0 Å². The molecule has 6 nitrogen and oxygen atoms in total. The van der Waals surface area contributed by atoms with Crippen LogP contribution in [0.4, 0.5) is 0 Å². The zero-order chi connectivity index (χ0) is 13.4. The van der Waals surface area contributed by atoms with Crippen LogP contribution in [0.1, 0.15) is 0 Å². The number of carbonyl (C=O) groups is 2. The highest BCUT2D eigenvalue weighted by Crippen LogP contribution is 2.05. The van der Waals surface area contributed by atoms with Gasteiger partial charge in [-0.25, -0.2) is 9.59 Å². The molecule has 0 aliphatic carbocycles. The van der Waals surface area contributed by atoms with Crippen molar-refractivity contribution in [3.05, 3.63) is 48.9 Å². The molecule has 0 atom stereocenters. The maximum absolute atomic E-state index is 9.55. The first-order valence-electron chi connectivity index (χ1n) is 4.88. The van der Waals surface area contributed by atoms with Crippen LogP contribution >= 0.6 is 0 Å². The lowest BCUT2D eigenvalue weighted by molar-refractivity contribution is -0.134. The SMILES string of the molecule is O=C(O)/C=C\C(=O)O.c1cnc2ccncc2c1. The summed E-state index contributed by atoms with van der Waals surface area (Å²) in [5.41, 5.74) is 0.998. The van der Waals surface area contributed by atoms with E-state index < -0.39 is 11.9 Å². The summed E-state index contributed by atoms with van der Waals surface area (Å²) in [6.07, 6.45) is 6.45. The van der Waals surface area contributed by atoms with Gasteiger partial charge in [-0.05, 0) is 18.2 Å². The summed E-state index contributed by atoms with van der Waals surface area (Å²) in [5.74, 6) is -2.51. The fourth-order valence-electron chi connectivity index (χ4n) is 1.06. The molecule has 0 aliphatic rings. The lowest BCUT2D eigenvalue weighted by Crippen LogP contribution is -1.91. The predicted molar refractivity (Wildman–Crippen MR) is 63.9 cm³/mol. The molecule has 2 aromatic rings. The second-order valence-electron chi connectivity index (χ2n) is 3.08. The smallest absolute Gasteiger partial charge is 0.328 e. The first-order valence-corrected chi connectivity index (χ1v) is 4.88. The van der Waals surface area contributed by atoms with Gasteiger partial charge in [-0.2, -0.15) is 0 Å². The van der Waals surface area contributed by atoms with Gasteiger partial charge in [0.05, 0.1) is 5.52 Å². The van der Waals surface area contributed by atoms with Crippen molar-refractivity contribution in [3.63, 3.8) is 0 Å². The van der Waals surface area contributed by atoms with Gasteiger partial charge in [-0.15, -0.1) is 0 Å². The number of hydrogen-bond acceptors (Lipinski definition) is 4. The average Bonchev–Trinajstić information content (AvgIpc) is 2.37. The molecule has 2 heterocycles. The summed E-state index contributed by atoms with van der Waals surface area (Å²) in [5, 5.41) is 16.7. The number of carboxylic acids is 2. The fraction of sp³-hybridized carbons (Fsp3) is 0. The normalized spacial score (nSPS) is 9.78. The minimum Gasteiger partial charge on any atom is -0.478 e. The Morgan fingerprint density at radius 1 is 1.06 bits per heavy atom. The van der Waals surface area contributed by atoms with E-state index in [0.717, 1.165) is 10.9 Å². The van der Waals surface area contributed by atoms with E-state index in [1.54, 1.807) is 12.4 Å². The third kappa shape index (κ3) is 4.84. The summed E-state index contributed by atoms with van der Waals surface area (Å²) in [6, 6.07) is 5.80. The van der Waals surface area contributed by atoms with E-state index >= 15 is 0 Å². The van der Waals surface area contributed by atoms with Crippen molar-refractivity contribution in [1.82, 2.24) is 9.97 Å². The van der Waals surface area contributed by atoms with E-state index in [2.05, 4.69) is 9.97 Å². The second kappa shape index (κ2) is 6.74. The Kier molecular flexibility index (Phi) is 4.98. The summed E-state index contributed by atoms with van der Waals surface area (Å²) < 4.78 is 0. The van der Waals surface area contributed by atoms with Crippen LogP contribution in [-0.4, -0.2) is 32.1 Å². The minimum atomic E-state index is -1.26. The standard InChI is InChI=1S/C8H6N2.C4H4O4/c1-2-7-6-9-5-3-8(7)10-4-1;5-3(6)1-2-4(7)8/h1-6H;1-2H,(H,5,6)(H,7,8)/b;2-1-. The molecule has 2 aromatic heterocycles. The minimum absolute atomic E-state index is 0.558. The van der Waals surface area contributed by atoms with E-state index in [-0.39, 0.29) is 0 Å². The van der Waals surface area contributed by atoms with Gasteiger partial charge in [0.15, 0.2) is 0 Å². The van der Waals surface area contributed by atoms with Gasteiger partial charge in [0.2, 0.25) is 0 Å². The van der Waals surface area contributed by atoms with Crippen molar-refractivity contribution in [2.24, 2.45) is 0 Å². The Hall–Kier alpha value is -2.76. The van der Waals surface area contributed by atoms with Crippen LogP contribution < -0.4 is 0 Å². The highest BCUT2D eigenvalue weighted by atomic mass is 16.4. The number of aliphatic carboxylic acids is 2. The zero-order valence-electron chi connectivity index (χ0n) is 9.22. The Morgan fingerprint density at radius 3 is 2.28 bits per heavy atom. The van der Waals surface area contributed by atoms with E-state index in [1.807, 2.05) is 24.4 Å². The van der Waals surface area contributed by atoms with Crippen molar-refractivity contribution in [1.29, 1.82) is 0 Å². The summed E-state index contributed by atoms with van der Waals surface area (Å²) in [7, 11) is 0. The second-order valence-corrected chi connectivity index (χ2v) is 3.08. The monoisotopic (exact) mass is 246 g/mol. The Labute approximate surface area is 102 Å². The van der Waals surface area contributed by atoms with Gasteiger partial charge >= 0.3 is 11.9 Å². The van der Waals surface area contributed by atoms with Gasteiger partial charge in [-0.3, -0.25) is 9.97 Å². The average molecular weight is 246 g/mol. The Morgan fingerprint density at radius 2 is 1.72 bits per heavy atom. The summed E-state index contributed by atoms with van der Waals surface area (Å²) in [4.78, 5) is 27.2. The number of pyridine rings is 2. The molecule has 0 saturated carbocycles. The van der Waals surface area contributed by atoms with E-state index in [4.69, 9.17) is 10.2 Å². The number of carboxylic acid groups (broad SMARTS) is 2. The highest BCUT2D eigenvalue weighted by molar-refractivity contribution is 5.89. The summed E-state index contributed by atoms with van der Waals surface area (Å²) in [6.45, 7) is 0. The van der Waals surface area contributed by atoms with Crippen LogP contribution in [0.15, 0.2) is 48.9 Å². The number of aromatic nitrogens is 2. The molecular weight excluding hydrogens is 236 g/mol. The van der Waals surface area contributed by atoms with Gasteiger partial charge in [0.25, 0.3) is 0 Å². The van der Waals surface area contributed by atoms with Gasteiger partial charge in [0, 0.05) is 36.1 Å². The molecule has 0 radical (unpaired) electrons. The Balaban J connectivity index is 0.000000187. The number of hydrogen-bond donors (Lipinski definition) is 2. The number of fused-ring (bicyclic) bond motifs is 1. The van der Waals surface area contributed by atoms with Crippen molar-refractivity contribution in [2.75, 3.05) is 0 Å². The van der Waals surface area contributed by atoms with Crippen LogP contribution in [0.25, 0.3) is 10.9 Å². The molecule has 2 N–H and O–H groups in total. The molecule has 0 aromatic carbocycles. The molecule has 6 heteroatoms. The number of rotatable bonds is 2. The van der Waals surface area contributed by atoms with E-state index in [9.17, 15) is 9.59 Å². The van der Waals surface area contributed by atoms with Crippen LogP contribution in [0.3, 0.4) is 0 Å². The molecule has 92 valence electrons. The van der Waals surface area contributed by atoms with Crippen molar-refractivity contribution in [3.8, 4) is 0 Å². The predicted octanol–water partition coefficient (Wildman–Crippen LogP) is 1.34. The molecule has 2 rings (SSSR count). The van der Waals surface area contributed by atoms with Gasteiger partial charge in [0.1, 0.15) is 0 Å². The molecule has 0 aliphatic heterocycles. The maximum atomic E-state index is 9.55. The van der Waals surface area contributed by atoms with Crippen LogP contribution in [0.2, 0.25) is 0 Å². The Bertz CT molecular complexity index is 500. The molecule has 0 saturated heterocycles. The first kappa shape index (κ1) is 13.3. The zero-order valence-corrected chi connectivity index (χ0v) is 9.22. The lowest BCUT2D eigenvalue weighted by atomic mass is 10.3. The van der Waals surface area contributed by atoms with Gasteiger partial charge in [-0.1, -0.05) is 0 Å². The highest BCUT2D eigenvalue weighted by Gasteiger charge is 1.88. The van der Waals surface area contributed by atoms with E-state index in [0.29, 0.717) is 12.2 Å². The molecular formula is C12H10N2O4. The quantitative estimate of drug-likeness (QED) is 0.775. The molecule has 18 heavy (non-hydrogen) atoms. The van der Waals surface area contributed by atoms with Crippen LogP contribution in [-0.2, 0) is 9.59 Å². The van der Waals surface area contributed by atoms with Crippen LogP contribution in [0.5, 0.6) is 0 Å². The fourth-order valence-corrected chi connectivity index (χ4v) is 1.06. The van der Waals surface area contributed by atoms with Crippen molar-refractivity contribution in [2.45, 2.75) is 0 Å². The molecule has 0 spiro atoms. The lowest BCUT2D eigenvalue weighted by Gasteiger charge is -1.90. The first-order chi connectivity index (χ1) is 8.59. The molecule has 0 fully saturated rings. The third-order valence-electron chi connectivity index (χ3n) is 1.77. The van der Waals surface area contributed by atoms with Gasteiger partial charge < -0.3 is 10.2 Å². The topological polar surface area (TPSA) is 100 Å². The van der Waals surface area contributed by atoms with Crippen molar-refractivity contribution >= 4 is 22.8 Å².